The van der Waals surface area contributed by atoms with Crippen LogP contribution in [0.1, 0.15) is 28.9 Å². The number of Topliss-reactive ketones (excluding diaryl/α,β-unsaturated/α-hetero) is 1. The summed E-state index contributed by atoms with van der Waals surface area (Å²) < 4.78 is 26.9. The van der Waals surface area contributed by atoms with Gasteiger partial charge < -0.3 is 0 Å². The molecule has 1 aliphatic rings. The highest BCUT2D eigenvalue weighted by atomic mass is 32.2. The van der Waals surface area contributed by atoms with Crippen LogP contribution in [-0.4, -0.2) is 19.2 Å². The van der Waals surface area contributed by atoms with Crippen molar-refractivity contribution in [3.05, 3.63) is 59.9 Å². The van der Waals surface area contributed by atoms with Crippen LogP contribution >= 0.6 is 0 Å². The predicted octanol–water partition coefficient (Wildman–Crippen LogP) is 2.15. The number of carbonyl (C=O) groups excluding carboxylic acids is 1. The molecule has 0 saturated heterocycles. The molecule has 0 atom stereocenters. The second kappa shape index (κ2) is 5.98. The number of carbonyl (C=O) groups is 1. The fraction of sp³-hybridized carbons (Fsp3) is 0.250. The lowest BCUT2D eigenvalue weighted by molar-refractivity contribution is 0.0967. The summed E-state index contributed by atoms with van der Waals surface area (Å²) in [5.41, 5.74) is 1.22. The first-order valence-corrected chi connectivity index (χ1v) is 8.58. The molecule has 1 N–H and O–H groups in total. The van der Waals surface area contributed by atoms with Crippen LogP contribution in [0.2, 0.25) is 0 Å². The zero-order valence-electron chi connectivity index (χ0n) is 11.9. The largest absolute Gasteiger partial charge is 0.294 e. The second-order valence-electron chi connectivity index (χ2n) is 5.31. The van der Waals surface area contributed by atoms with E-state index in [2.05, 4.69) is 9.71 Å². The van der Waals surface area contributed by atoms with E-state index in [1.807, 2.05) is 0 Å². The van der Waals surface area contributed by atoms with Gasteiger partial charge in [0, 0.05) is 17.7 Å². The maximum absolute atomic E-state index is 12.2. The molecule has 6 heteroatoms. The van der Waals surface area contributed by atoms with Gasteiger partial charge in [0.2, 0.25) is 10.0 Å². The van der Waals surface area contributed by atoms with Gasteiger partial charge in [-0.1, -0.05) is 18.2 Å². The van der Waals surface area contributed by atoms with Crippen LogP contribution in [0.3, 0.4) is 0 Å². The summed E-state index contributed by atoms with van der Waals surface area (Å²) in [5, 5.41) is 0. The van der Waals surface area contributed by atoms with Crippen LogP contribution in [0.4, 0.5) is 0 Å². The molecule has 114 valence electrons. The lowest BCUT2D eigenvalue weighted by Gasteiger charge is -2.07. The quantitative estimate of drug-likeness (QED) is 0.829. The van der Waals surface area contributed by atoms with E-state index in [0.29, 0.717) is 11.3 Å². The van der Waals surface area contributed by atoms with Crippen LogP contribution in [-0.2, 0) is 16.6 Å². The summed E-state index contributed by atoms with van der Waals surface area (Å²) in [6.45, 7) is 0.131. The number of sulfonamides is 1. The fourth-order valence-electron chi connectivity index (χ4n) is 2.13. The molecule has 1 saturated carbocycles. The lowest BCUT2D eigenvalue weighted by Crippen LogP contribution is -2.23. The Hall–Kier alpha value is -2.05. The standard InChI is InChI=1S/C16H16N2O3S/c19-16(12-4-5-12)13-6-8-15(9-7-13)22(20,21)18-11-14-3-1-2-10-17-14/h1-3,6-10,12,18H,4-5,11H2. The lowest BCUT2D eigenvalue weighted by atomic mass is 10.1. The maximum atomic E-state index is 12.2. The van der Waals surface area contributed by atoms with Crippen LogP contribution in [0.5, 0.6) is 0 Å². The van der Waals surface area contributed by atoms with E-state index in [4.69, 9.17) is 0 Å². The van der Waals surface area contributed by atoms with Gasteiger partial charge in [-0.3, -0.25) is 9.78 Å². The fourth-order valence-corrected chi connectivity index (χ4v) is 3.13. The number of ketones is 1. The van der Waals surface area contributed by atoms with Gasteiger partial charge in [-0.2, -0.15) is 0 Å². The molecule has 5 nitrogen and oxygen atoms in total. The molecular formula is C16H16N2O3S. The van der Waals surface area contributed by atoms with E-state index in [1.54, 1.807) is 36.5 Å². The molecule has 0 unspecified atom stereocenters. The normalized spacial score (nSPS) is 14.7. The summed E-state index contributed by atoms with van der Waals surface area (Å²) in [6.07, 6.45) is 3.48. The van der Waals surface area contributed by atoms with Gasteiger partial charge in [0.05, 0.1) is 17.1 Å². The molecule has 0 spiro atoms. The minimum atomic E-state index is -3.61. The van der Waals surface area contributed by atoms with Crippen LogP contribution in [0.25, 0.3) is 0 Å². The number of hydrogen-bond donors (Lipinski definition) is 1. The highest BCUT2D eigenvalue weighted by Gasteiger charge is 2.30. The molecular weight excluding hydrogens is 300 g/mol. The second-order valence-corrected chi connectivity index (χ2v) is 7.08. The molecule has 0 amide bonds. The summed E-state index contributed by atoms with van der Waals surface area (Å²) in [5.74, 6) is 0.232. The highest BCUT2D eigenvalue weighted by molar-refractivity contribution is 7.89. The zero-order chi connectivity index (χ0) is 15.6. The third-order valence-electron chi connectivity index (χ3n) is 3.57. The molecule has 1 aliphatic carbocycles. The van der Waals surface area contributed by atoms with Gasteiger partial charge in [-0.15, -0.1) is 0 Å². The first-order valence-electron chi connectivity index (χ1n) is 7.10. The number of benzene rings is 1. The van der Waals surface area contributed by atoms with E-state index in [0.717, 1.165) is 12.8 Å². The molecule has 1 heterocycles. The number of nitrogens with zero attached hydrogens (tertiary/aromatic N) is 1. The van der Waals surface area contributed by atoms with E-state index in [-0.39, 0.29) is 23.1 Å². The summed E-state index contributed by atoms with van der Waals surface area (Å²) >= 11 is 0. The van der Waals surface area contributed by atoms with Crippen LogP contribution in [0, 0.1) is 5.92 Å². The molecule has 3 rings (SSSR count). The van der Waals surface area contributed by atoms with Gasteiger partial charge in [0.25, 0.3) is 0 Å². The first-order chi connectivity index (χ1) is 10.6. The Morgan fingerprint density at radius 1 is 1.14 bits per heavy atom. The maximum Gasteiger partial charge on any atom is 0.240 e. The number of pyridine rings is 1. The van der Waals surface area contributed by atoms with Gasteiger partial charge in [0.1, 0.15) is 0 Å². The summed E-state index contributed by atoms with van der Waals surface area (Å²) in [7, 11) is -3.61. The Morgan fingerprint density at radius 2 is 1.86 bits per heavy atom. The third-order valence-corrected chi connectivity index (χ3v) is 4.98. The van der Waals surface area contributed by atoms with Crippen molar-refractivity contribution in [3.63, 3.8) is 0 Å². The number of nitrogens with one attached hydrogen (secondary N) is 1. The molecule has 1 fully saturated rings. The molecule has 0 radical (unpaired) electrons. The smallest absolute Gasteiger partial charge is 0.240 e. The SMILES string of the molecule is O=C(c1ccc(S(=O)(=O)NCc2ccccn2)cc1)C1CC1. The predicted molar refractivity (Wildman–Crippen MR) is 81.8 cm³/mol. The summed E-state index contributed by atoms with van der Waals surface area (Å²) in [6, 6.07) is 11.4. The van der Waals surface area contributed by atoms with E-state index >= 15 is 0 Å². The summed E-state index contributed by atoms with van der Waals surface area (Å²) in [4.78, 5) is 16.1. The number of aromatic nitrogens is 1. The topological polar surface area (TPSA) is 76.1 Å². The Morgan fingerprint density at radius 3 is 2.45 bits per heavy atom. The van der Waals surface area contributed by atoms with Crippen molar-refractivity contribution in [2.45, 2.75) is 24.3 Å². The van der Waals surface area contributed by atoms with Crippen LogP contribution in [0.15, 0.2) is 53.6 Å². The number of rotatable bonds is 6. The van der Waals surface area contributed by atoms with Gasteiger partial charge in [0.15, 0.2) is 5.78 Å². The van der Waals surface area contributed by atoms with E-state index < -0.39 is 10.0 Å². The minimum absolute atomic E-state index is 0.102. The molecule has 22 heavy (non-hydrogen) atoms. The molecule has 1 aromatic heterocycles. The molecule has 1 aromatic carbocycles. The Kier molecular flexibility index (Phi) is 4.04. The van der Waals surface area contributed by atoms with Crippen molar-refractivity contribution in [2.75, 3.05) is 0 Å². The van der Waals surface area contributed by atoms with Gasteiger partial charge in [-0.05, 0) is 37.1 Å². The molecule has 2 aromatic rings. The van der Waals surface area contributed by atoms with Crippen LogP contribution < -0.4 is 4.72 Å². The van der Waals surface area contributed by atoms with Crippen molar-refractivity contribution in [2.24, 2.45) is 5.92 Å². The average Bonchev–Trinajstić information content (AvgIpc) is 3.38. The number of hydrogen-bond acceptors (Lipinski definition) is 4. The monoisotopic (exact) mass is 316 g/mol. The van der Waals surface area contributed by atoms with Crippen molar-refractivity contribution >= 4 is 15.8 Å². The van der Waals surface area contributed by atoms with Crippen molar-refractivity contribution < 1.29 is 13.2 Å². The zero-order valence-corrected chi connectivity index (χ0v) is 12.7. The van der Waals surface area contributed by atoms with E-state index in [1.165, 1.54) is 12.1 Å². The highest BCUT2D eigenvalue weighted by Crippen LogP contribution is 2.32. The average molecular weight is 316 g/mol. The molecule has 0 aliphatic heterocycles. The Labute approximate surface area is 129 Å². The molecule has 0 bridgehead atoms. The Bertz CT molecular complexity index is 767. The van der Waals surface area contributed by atoms with Crippen molar-refractivity contribution in [3.8, 4) is 0 Å². The van der Waals surface area contributed by atoms with Crippen molar-refractivity contribution in [1.82, 2.24) is 9.71 Å². The van der Waals surface area contributed by atoms with E-state index in [9.17, 15) is 13.2 Å². The first kappa shape index (κ1) is 14.9. The third kappa shape index (κ3) is 3.40. The minimum Gasteiger partial charge on any atom is -0.294 e. The van der Waals surface area contributed by atoms with Crippen molar-refractivity contribution in [1.29, 1.82) is 0 Å². The van der Waals surface area contributed by atoms with Gasteiger partial charge >= 0.3 is 0 Å². The van der Waals surface area contributed by atoms with Gasteiger partial charge in [-0.25, -0.2) is 13.1 Å². The Balaban J connectivity index is 1.70.